The van der Waals surface area contributed by atoms with E-state index in [-0.39, 0.29) is 11.3 Å². The van der Waals surface area contributed by atoms with Gasteiger partial charge in [-0.2, -0.15) is 14.9 Å². The van der Waals surface area contributed by atoms with Crippen molar-refractivity contribution in [1.82, 2.24) is 24.5 Å². The van der Waals surface area contributed by atoms with Crippen molar-refractivity contribution >= 4 is 23.3 Å². The van der Waals surface area contributed by atoms with Crippen molar-refractivity contribution in [3.63, 3.8) is 0 Å². The Morgan fingerprint density at radius 2 is 1.93 bits per heavy atom. The average Bonchev–Trinajstić information content (AvgIpc) is 3.36. The number of amides is 1. The van der Waals surface area contributed by atoms with Crippen LogP contribution in [0.2, 0.25) is 5.02 Å². The highest BCUT2D eigenvalue weighted by Gasteiger charge is 2.22. The zero-order chi connectivity index (χ0) is 21.3. The minimum Gasteiger partial charge on any atom is -0.306 e. The smallest absolute Gasteiger partial charge is 0.260 e. The lowest BCUT2D eigenvalue weighted by Gasteiger charge is -2.13. The molecule has 0 fully saturated rings. The summed E-state index contributed by atoms with van der Waals surface area (Å²) >= 11 is 6.05. The number of benzene rings is 1. The highest BCUT2D eigenvalue weighted by Crippen LogP contribution is 2.26. The number of halogens is 1. The Bertz CT molecular complexity index is 1190. The van der Waals surface area contributed by atoms with E-state index in [0.29, 0.717) is 22.2 Å². The van der Waals surface area contributed by atoms with Gasteiger partial charge < -0.3 is 5.32 Å². The van der Waals surface area contributed by atoms with Gasteiger partial charge in [-0.25, -0.2) is 9.67 Å². The van der Waals surface area contributed by atoms with E-state index in [0.717, 1.165) is 11.4 Å². The summed E-state index contributed by atoms with van der Waals surface area (Å²) in [5.41, 5.74) is 1.85. The second-order valence-corrected chi connectivity index (χ2v) is 8.31. The molecule has 0 spiro atoms. The van der Waals surface area contributed by atoms with Gasteiger partial charge in [-0.05, 0) is 30.3 Å². The number of aromatic nitrogens is 5. The monoisotopic (exact) mass is 420 g/mol. The number of hydrogen-bond donors (Lipinski definition) is 1. The van der Waals surface area contributed by atoms with Crippen molar-refractivity contribution in [3.05, 3.63) is 83.4 Å². The minimum atomic E-state index is -0.291. The van der Waals surface area contributed by atoms with Gasteiger partial charge in [-0.1, -0.05) is 44.5 Å². The van der Waals surface area contributed by atoms with E-state index in [1.54, 1.807) is 33.9 Å². The highest BCUT2D eigenvalue weighted by atomic mass is 35.5. The van der Waals surface area contributed by atoms with E-state index < -0.39 is 0 Å². The Hall–Kier alpha value is -3.45. The predicted molar refractivity (Wildman–Crippen MR) is 117 cm³/mol. The number of anilines is 1. The van der Waals surface area contributed by atoms with Crippen LogP contribution in [-0.2, 0) is 5.41 Å². The van der Waals surface area contributed by atoms with E-state index in [9.17, 15) is 4.79 Å². The number of hydrogen-bond acceptors (Lipinski definition) is 4. The van der Waals surface area contributed by atoms with Gasteiger partial charge in [0.1, 0.15) is 5.82 Å². The summed E-state index contributed by atoms with van der Waals surface area (Å²) in [5, 5.41) is 12.5. The number of carbonyl (C=O) groups is 1. The molecule has 1 aromatic carbocycles. The molecule has 0 radical (unpaired) electrons. The molecule has 4 aromatic rings. The lowest BCUT2D eigenvalue weighted by Crippen LogP contribution is -2.15. The Morgan fingerprint density at radius 3 is 2.63 bits per heavy atom. The SMILES string of the molecule is CC(C)(C)c1cc(NC(=O)c2cnn(-c3cccc(Cl)c3)c2)n(-c2ccccn2)n1. The summed E-state index contributed by atoms with van der Waals surface area (Å²) in [6.07, 6.45) is 4.87. The first-order chi connectivity index (χ1) is 14.3. The van der Waals surface area contributed by atoms with E-state index in [1.165, 1.54) is 6.20 Å². The fourth-order valence-corrected chi connectivity index (χ4v) is 3.06. The van der Waals surface area contributed by atoms with Gasteiger partial charge in [0.25, 0.3) is 5.91 Å². The van der Waals surface area contributed by atoms with E-state index in [2.05, 4.69) is 41.3 Å². The van der Waals surface area contributed by atoms with Crippen LogP contribution in [-0.4, -0.2) is 30.5 Å². The van der Waals surface area contributed by atoms with Gasteiger partial charge in [0.05, 0.1) is 23.1 Å². The summed E-state index contributed by atoms with van der Waals surface area (Å²) in [5.74, 6) is 0.873. The molecule has 7 nitrogen and oxygen atoms in total. The normalized spacial score (nSPS) is 11.5. The summed E-state index contributed by atoms with van der Waals surface area (Å²) in [6.45, 7) is 6.20. The number of carbonyl (C=O) groups excluding carboxylic acids is 1. The largest absolute Gasteiger partial charge is 0.306 e. The molecular formula is C22H21ClN6O. The molecule has 1 amide bonds. The zero-order valence-electron chi connectivity index (χ0n) is 16.9. The topological polar surface area (TPSA) is 77.6 Å². The molecule has 0 aliphatic carbocycles. The van der Waals surface area contributed by atoms with Crippen molar-refractivity contribution in [3.8, 4) is 11.5 Å². The van der Waals surface area contributed by atoms with Crippen molar-refractivity contribution in [1.29, 1.82) is 0 Å². The molecule has 3 heterocycles. The van der Waals surface area contributed by atoms with Crippen molar-refractivity contribution < 1.29 is 4.79 Å². The quantitative estimate of drug-likeness (QED) is 0.521. The minimum absolute atomic E-state index is 0.184. The third-order valence-electron chi connectivity index (χ3n) is 4.50. The molecule has 0 bridgehead atoms. The van der Waals surface area contributed by atoms with Crippen molar-refractivity contribution in [2.75, 3.05) is 5.32 Å². The Kier molecular flexibility index (Phi) is 5.13. The molecule has 30 heavy (non-hydrogen) atoms. The number of pyridine rings is 1. The van der Waals surface area contributed by atoms with Crippen molar-refractivity contribution in [2.45, 2.75) is 26.2 Å². The van der Waals surface area contributed by atoms with E-state index in [1.807, 2.05) is 36.4 Å². The van der Waals surface area contributed by atoms with Crippen LogP contribution in [0.25, 0.3) is 11.5 Å². The first-order valence-corrected chi connectivity index (χ1v) is 9.83. The molecule has 0 atom stereocenters. The lowest BCUT2D eigenvalue weighted by molar-refractivity contribution is 0.102. The van der Waals surface area contributed by atoms with Crippen LogP contribution in [0.1, 0.15) is 36.8 Å². The molecule has 4 rings (SSSR count). The molecule has 1 N–H and O–H groups in total. The van der Waals surface area contributed by atoms with Crippen LogP contribution in [0.4, 0.5) is 5.82 Å². The predicted octanol–water partition coefficient (Wildman–Crippen LogP) is 4.66. The molecule has 0 saturated heterocycles. The lowest BCUT2D eigenvalue weighted by atomic mass is 9.92. The summed E-state index contributed by atoms with van der Waals surface area (Å²) < 4.78 is 3.25. The number of nitrogens with one attached hydrogen (secondary N) is 1. The van der Waals surface area contributed by atoms with Crippen LogP contribution in [0.15, 0.2) is 67.1 Å². The first-order valence-electron chi connectivity index (χ1n) is 9.45. The zero-order valence-corrected chi connectivity index (χ0v) is 17.6. The Labute approximate surface area is 179 Å². The van der Waals surface area contributed by atoms with E-state index in [4.69, 9.17) is 11.6 Å². The Morgan fingerprint density at radius 1 is 1.10 bits per heavy atom. The van der Waals surface area contributed by atoms with Crippen molar-refractivity contribution in [2.24, 2.45) is 0 Å². The fraction of sp³-hybridized carbons (Fsp3) is 0.182. The highest BCUT2D eigenvalue weighted by molar-refractivity contribution is 6.30. The molecule has 0 aliphatic rings. The molecule has 0 aliphatic heterocycles. The maximum Gasteiger partial charge on any atom is 0.260 e. The maximum absolute atomic E-state index is 12.9. The van der Waals surface area contributed by atoms with Crippen LogP contribution in [0.3, 0.4) is 0 Å². The van der Waals surface area contributed by atoms with E-state index >= 15 is 0 Å². The second-order valence-electron chi connectivity index (χ2n) is 7.87. The van der Waals surface area contributed by atoms with Crippen LogP contribution in [0.5, 0.6) is 0 Å². The van der Waals surface area contributed by atoms with Crippen LogP contribution in [0, 0.1) is 0 Å². The van der Waals surface area contributed by atoms with Crippen LogP contribution >= 0.6 is 11.6 Å². The first kappa shape index (κ1) is 19.8. The third-order valence-corrected chi connectivity index (χ3v) is 4.74. The van der Waals surface area contributed by atoms with Gasteiger partial charge in [0.15, 0.2) is 5.82 Å². The fourth-order valence-electron chi connectivity index (χ4n) is 2.88. The molecule has 0 unspecified atom stereocenters. The third kappa shape index (κ3) is 4.11. The molecular weight excluding hydrogens is 400 g/mol. The number of nitrogens with zero attached hydrogens (tertiary/aromatic N) is 5. The van der Waals surface area contributed by atoms with Gasteiger partial charge >= 0.3 is 0 Å². The van der Waals surface area contributed by atoms with Gasteiger partial charge in [-0.3, -0.25) is 4.79 Å². The molecule has 152 valence electrons. The molecule has 0 saturated carbocycles. The van der Waals surface area contributed by atoms with Gasteiger partial charge in [0, 0.05) is 28.9 Å². The number of rotatable bonds is 4. The van der Waals surface area contributed by atoms with Crippen LogP contribution < -0.4 is 5.32 Å². The molecule has 8 heteroatoms. The Balaban J connectivity index is 1.64. The standard InChI is InChI=1S/C22H21ClN6O/c1-22(2,3)18-12-20(29(27-18)19-9-4-5-10-24-19)26-21(30)15-13-25-28(14-15)17-8-6-7-16(23)11-17/h4-14H,1-3H3,(H,26,30). The van der Waals surface area contributed by atoms with Gasteiger partial charge in [-0.15, -0.1) is 0 Å². The average molecular weight is 421 g/mol. The second kappa shape index (κ2) is 7.76. The summed E-state index contributed by atoms with van der Waals surface area (Å²) in [4.78, 5) is 17.3. The van der Waals surface area contributed by atoms with Gasteiger partial charge in [0.2, 0.25) is 0 Å². The molecule has 3 aromatic heterocycles. The summed E-state index contributed by atoms with van der Waals surface area (Å²) in [6, 6.07) is 14.7. The maximum atomic E-state index is 12.9. The summed E-state index contributed by atoms with van der Waals surface area (Å²) in [7, 11) is 0.